The van der Waals surface area contributed by atoms with Crippen molar-refractivity contribution in [3.05, 3.63) is 72.8 Å². The molecule has 212 valence electrons. The molecule has 4 aromatic heterocycles. The minimum absolute atomic E-state index is 0.0602. The molecule has 1 atom stereocenters. The minimum atomic E-state index is -0.541. The molecule has 5 aromatic rings. The van der Waals surface area contributed by atoms with Gasteiger partial charge in [0.1, 0.15) is 17.2 Å². The number of amides is 1. The van der Waals surface area contributed by atoms with E-state index in [1.54, 1.807) is 15.8 Å². The van der Waals surface area contributed by atoms with Gasteiger partial charge in [-0.1, -0.05) is 0 Å². The third kappa shape index (κ3) is 5.52. The Morgan fingerprint density at radius 2 is 1.93 bits per heavy atom. The smallest absolute Gasteiger partial charge is 0.410 e. The van der Waals surface area contributed by atoms with Crippen LogP contribution in [0.2, 0.25) is 0 Å². The lowest BCUT2D eigenvalue weighted by molar-refractivity contribution is 0.0197. The number of piperidine rings is 1. The minimum Gasteiger partial charge on any atom is -0.444 e. The van der Waals surface area contributed by atoms with Crippen LogP contribution in [0.4, 0.5) is 16.3 Å². The van der Waals surface area contributed by atoms with Crippen molar-refractivity contribution in [1.82, 2.24) is 38.8 Å². The molecule has 1 N–H and O–H groups in total. The fraction of sp³-hybridized carbons (Fsp3) is 0.367. The van der Waals surface area contributed by atoms with Crippen LogP contribution in [-0.2, 0) is 11.8 Å². The highest BCUT2D eigenvalue weighted by Gasteiger charge is 2.30. The third-order valence-electron chi connectivity index (χ3n) is 7.24. The van der Waals surface area contributed by atoms with Crippen LogP contribution < -0.4 is 5.32 Å². The SMILES string of the molecule is Cc1nccn1-c1ccc(Nc2cc(C3CCCN(C(=O)OC(C)(C)C)C3)nc3c(-c4cnn(C)c4)cnn23)cc1. The summed E-state index contributed by atoms with van der Waals surface area (Å²) in [6.07, 6.45) is 10.9. The van der Waals surface area contributed by atoms with Crippen LogP contribution in [0.25, 0.3) is 22.5 Å². The van der Waals surface area contributed by atoms with Crippen molar-refractivity contribution in [1.29, 1.82) is 0 Å². The van der Waals surface area contributed by atoms with Crippen LogP contribution in [-0.4, -0.2) is 63.6 Å². The summed E-state index contributed by atoms with van der Waals surface area (Å²) in [6, 6.07) is 10.2. The van der Waals surface area contributed by atoms with Crippen molar-refractivity contribution >= 4 is 23.2 Å². The Morgan fingerprint density at radius 1 is 1.12 bits per heavy atom. The lowest BCUT2D eigenvalue weighted by Gasteiger charge is -2.34. The summed E-state index contributed by atoms with van der Waals surface area (Å²) >= 11 is 0. The molecule has 5 heterocycles. The second-order valence-electron chi connectivity index (χ2n) is 11.5. The highest BCUT2D eigenvalue weighted by molar-refractivity contribution is 5.78. The molecule has 11 nitrogen and oxygen atoms in total. The van der Waals surface area contributed by atoms with E-state index in [1.165, 1.54) is 0 Å². The molecule has 0 aliphatic carbocycles. The molecular formula is C30H35N9O2. The Labute approximate surface area is 238 Å². The molecule has 6 rings (SSSR count). The van der Waals surface area contributed by atoms with Gasteiger partial charge in [-0.25, -0.2) is 14.8 Å². The summed E-state index contributed by atoms with van der Waals surface area (Å²) in [5, 5.41) is 12.6. The van der Waals surface area contributed by atoms with Crippen LogP contribution in [0.5, 0.6) is 0 Å². The highest BCUT2D eigenvalue weighted by atomic mass is 16.6. The van der Waals surface area contributed by atoms with E-state index in [4.69, 9.17) is 14.8 Å². The van der Waals surface area contributed by atoms with Gasteiger partial charge in [0.2, 0.25) is 0 Å². The van der Waals surface area contributed by atoms with E-state index in [-0.39, 0.29) is 12.0 Å². The quantitative estimate of drug-likeness (QED) is 0.307. The molecule has 1 unspecified atom stereocenters. The first-order chi connectivity index (χ1) is 19.6. The van der Waals surface area contributed by atoms with E-state index < -0.39 is 5.60 Å². The van der Waals surface area contributed by atoms with Gasteiger partial charge in [-0.2, -0.15) is 14.7 Å². The number of aromatic nitrogens is 7. The molecule has 11 heteroatoms. The zero-order valence-electron chi connectivity index (χ0n) is 24.1. The number of hydrogen-bond acceptors (Lipinski definition) is 7. The lowest BCUT2D eigenvalue weighted by atomic mass is 9.94. The Morgan fingerprint density at radius 3 is 2.61 bits per heavy atom. The molecule has 1 fully saturated rings. The average Bonchev–Trinajstić information content (AvgIpc) is 3.68. The maximum absolute atomic E-state index is 12.9. The van der Waals surface area contributed by atoms with E-state index in [0.29, 0.717) is 13.1 Å². The summed E-state index contributed by atoms with van der Waals surface area (Å²) in [5.41, 5.74) is 4.89. The molecule has 1 aromatic carbocycles. The topological polar surface area (TPSA) is 107 Å². The number of fused-ring (bicyclic) bond motifs is 1. The number of likely N-dealkylation sites (tertiary alicyclic amines) is 1. The van der Waals surface area contributed by atoms with Crippen molar-refractivity contribution in [3.8, 4) is 16.8 Å². The number of aryl methyl sites for hydroxylation is 2. The van der Waals surface area contributed by atoms with Gasteiger partial charge in [-0.15, -0.1) is 0 Å². The summed E-state index contributed by atoms with van der Waals surface area (Å²) < 4.78 is 11.3. The molecule has 0 spiro atoms. The molecule has 0 radical (unpaired) electrons. The first-order valence-electron chi connectivity index (χ1n) is 13.9. The number of nitrogens with one attached hydrogen (secondary N) is 1. The van der Waals surface area contributed by atoms with Gasteiger partial charge in [0.25, 0.3) is 0 Å². The molecule has 1 aliphatic heterocycles. The van der Waals surface area contributed by atoms with Crippen molar-refractivity contribution < 1.29 is 9.53 Å². The number of nitrogens with zero attached hydrogens (tertiary/aromatic N) is 8. The Kier molecular flexibility index (Phi) is 6.72. The van der Waals surface area contributed by atoms with Crippen molar-refractivity contribution in [3.63, 3.8) is 0 Å². The second kappa shape index (κ2) is 10.4. The maximum atomic E-state index is 12.9. The fourth-order valence-electron chi connectivity index (χ4n) is 5.26. The Bertz CT molecular complexity index is 1690. The normalized spacial score (nSPS) is 15.8. The fourth-order valence-corrected chi connectivity index (χ4v) is 5.26. The van der Waals surface area contributed by atoms with E-state index in [9.17, 15) is 4.79 Å². The molecule has 0 saturated carbocycles. The molecule has 41 heavy (non-hydrogen) atoms. The number of benzene rings is 1. The number of imidazole rings is 1. The van der Waals surface area contributed by atoms with Crippen molar-refractivity contribution in [2.45, 2.75) is 52.1 Å². The van der Waals surface area contributed by atoms with E-state index in [0.717, 1.165) is 58.3 Å². The summed E-state index contributed by atoms with van der Waals surface area (Å²) in [4.78, 5) is 24.1. The van der Waals surface area contributed by atoms with E-state index in [2.05, 4.69) is 27.5 Å². The predicted molar refractivity (Wildman–Crippen MR) is 157 cm³/mol. The monoisotopic (exact) mass is 553 g/mol. The first kappa shape index (κ1) is 26.5. The van der Waals surface area contributed by atoms with Crippen LogP contribution >= 0.6 is 0 Å². The highest BCUT2D eigenvalue weighted by Crippen LogP contribution is 2.32. The first-order valence-corrected chi connectivity index (χ1v) is 13.9. The van der Waals surface area contributed by atoms with Gasteiger partial charge in [0, 0.05) is 73.2 Å². The Balaban J connectivity index is 1.36. The largest absolute Gasteiger partial charge is 0.444 e. The number of ether oxygens (including phenoxy) is 1. The lowest BCUT2D eigenvalue weighted by Crippen LogP contribution is -2.42. The second-order valence-corrected chi connectivity index (χ2v) is 11.5. The summed E-state index contributed by atoms with van der Waals surface area (Å²) in [7, 11) is 1.89. The summed E-state index contributed by atoms with van der Waals surface area (Å²) in [6.45, 7) is 8.88. The van der Waals surface area contributed by atoms with Crippen LogP contribution in [0, 0.1) is 6.92 Å². The molecular weight excluding hydrogens is 518 g/mol. The standard InChI is InChI=1S/C30H35N9O2/c1-20-31-12-14-38(20)24-10-8-23(9-11-24)34-27-15-26(21-7-6-13-37(19-21)29(40)41-30(2,3)4)35-28-25(17-33-39(27)28)22-16-32-36(5)18-22/h8-12,14-18,21,34H,6-7,13,19H2,1-5H3. The van der Waals surface area contributed by atoms with Crippen LogP contribution in [0.1, 0.15) is 51.0 Å². The zero-order valence-corrected chi connectivity index (χ0v) is 24.1. The number of anilines is 2. The van der Waals surface area contributed by atoms with Gasteiger partial charge in [0.15, 0.2) is 5.65 Å². The van der Waals surface area contributed by atoms with Gasteiger partial charge >= 0.3 is 6.09 Å². The van der Waals surface area contributed by atoms with Gasteiger partial charge in [-0.05, 0) is 64.8 Å². The molecule has 1 amide bonds. The van der Waals surface area contributed by atoms with Crippen molar-refractivity contribution in [2.24, 2.45) is 7.05 Å². The van der Waals surface area contributed by atoms with E-state index >= 15 is 0 Å². The van der Waals surface area contributed by atoms with Crippen LogP contribution in [0.15, 0.2) is 61.3 Å². The van der Waals surface area contributed by atoms with Gasteiger partial charge < -0.3 is 19.5 Å². The maximum Gasteiger partial charge on any atom is 0.410 e. The van der Waals surface area contributed by atoms with Gasteiger partial charge in [-0.3, -0.25) is 4.68 Å². The molecule has 1 saturated heterocycles. The number of carbonyl (C=O) groups excluding carboxylic acids is 1. The number of carbonyl (C=O) groups is 1. The zero-order chi connectivity index (χ0) is 28.7. The van der Waals surface area contributed by atoms with Crippen LogP contribution in [0.3, 0.4) is 0 Å². The average molecular weight is 554 g/mol. The Hall–Kier alpha value is -4.67. The third-order valence-corrected chi connectivity index (χ3v) is 7.24. The summed E-state index contributed by atoms with van der Waals surface area (Å²) in [5.74, 6) is 1.78. The number of hydrogen-bond donors (Lipinski definition) is 1. The molecule has 1 aliphatic rings. The number of rotatable bonds is 5. The molecule has 0 bridgehead atoms. The van der Waals surface area contributed by atoms with Crippen molar-refractivity contribution in [2.75, 3.05) is 18.4 Å². The van der Waals surface area contributed by atoms with E-state index in [1.807, 2.05) is 86.8 Å². The predicted octanol–water partition coefficient (Wildman–Crippen LogP) is 5.48. The van der Waals surface area contributed by atoms with Gasteiger partial charge in [0.05, 0.1) is 18.1 Å².